The lowest BCUT2D eigenvalue weighted by molar-refractivity contribution is -0.220. The Morgan fingerprint density at radius 3 is 2.48 bits per heavy atom. The van der Waals surface area contributed by atoms with Crippen LogP contribution in [0, 0.1) is 11.2 Å². The van der Waals surface area contributed by atoms with E-state index in [4.69, 9.17) is 21.7 Å². The monoisotopic (exact) mass is 885 g/mol. The van der Waals surface area contributed by atoms with Gasteiger partial charge in [0.15, 0.2) is 17.2 Å². The van der Waals surface area contributed by atoms with Gasteiger partial charge in [-0.1, -0.05) is 29.8 Å². The summed E-state index contributed by atoms with van der Waals surface area (Å²) in [5.41, 5.74) is 4.20. The predicted molar refractivity (Wildman–Crippen MR) is 224 cm³/mol. The fourth-order valence-electron chi connectivity index (χ4n) is 9.20. The number of hydrogen-bond donors (Lipinski definition) is 3. The molecule has 3 N–H and O–H groups in total. The largest absolute Gasteiger partial charge is 0.385 e. The molecular formula is C43H40ClF4N11O4. The summed E-state index contributed by atoms with van der Waals surface area (Å²) in [4.78, 5) is 65.8. The number of nitrogens with zero attached hydrogens (tertiary/aromatic N) is 8. The number of carbonyl (C=O) groups is 4. The highest BCUT2D eigenvalue weighted by molar-refractivity contribution is 6.34. The molecular weight excluding hydrogens is 846 g/mol. The Balaban J connectivity index is 0.793. The number of carbonyl (C=O) groups excluding carboxylic acids is 4. The minimum atomic E-state index is -3.23. The Hall–Kier alpha value is -6.34. The van der Waals surface area contributed by atoms with E-state index in [1.807, 2.05) is 41.3 Å². The summed E-state index contributed by atoms with van der Waals surface area (Å²) >= 11 is 6.14. The maximum atomic E-state index is 16.0. The van der Waals surface area contributed by atoms with Crippen LogP contribution in [0.4, 0.5) is 45.2 Å². The molecule has 4 fully saturated rings. The number of benzene rings is 2. The number of hydrogen-bond acceptors (Lipinski definition) is 10. The number of nitrogens with one attached hydrogen (secondary N) is 3. The van der Waals surface area contributed by atoms with Crippen LogP contribution in [-0.2, 0) is 17.8 Å². The van der Waals surface area contributed by atoms with E-state index in [1.165, 1.54) is 16.8 Å². The summed E-state index contributed by atoms with van der Waals surface area (Å²) in [5.74, 6) is -5.40. The molecule has 0 bridgehead atoms. The standard InChI is InChI=1S/C43H40ClF4N11O4/c1-49-31-16-35(54-59-34(18-51-38(31)59)39(61)52-30-15-27(30)45)57-10-7-26-25(3-2-4-32(26)57)29-6-5-23(17-50-29)19-55-20-42(21-55)9-12-56(22-43(42,47)48)40(62)24-13-28(46)37(44)33(14-24)58-11-8-36(60)53-41(58)63/h2-6,13-14,16-18,27,30,49H,7-12,15,19-22H2,1H3,(H,52,61)(H,53,60,63)/t27-,30+/m0/s1. The van der Waals surface area contributed by atoms with Crippen molar-refractivity contribution < 1.29 is 36.7 Å². The number of likely N-dealkylation sites (tertiary alicyclic amines) is 2. The average molecular weight is 886 g/mol. The van der Waals surface area contributed by atoms with Crippen LogP contribution in [0.15, 0.2) is 60.9 Å². The summed E-state index contributed by atoms with van der Waals surface area (Å²) in [5, 5.41) is 12.3. The van der Waals surface area contributed by atoms with Crippen LogP contribution in [0.3, 0.4) is 0 Å². The van der Waals surface area contributed by atoms with Crippen LogP contribution >= 0.6 is 11.6 Å². The van der Waals surface area contributed by atoms with Gasteiger partial charge in [0.05, 0.1) is 41.3 Å². The van der Waals surface area contributed by atoms with E-state index in [1.54, 1.807) is 13.2 Å². The van der Waals surface area contributed by atoms with E-state index in [-0.39, 0.29) is 62.4 Å². The lowest BCUT2D eigenvalue weighted by Gasteiger charge is -2.57. The third-order valence-electron chi connectivity index (χ3n) is 12.8. The van der Waals surface area contributed by atoms with Crippen molar-refractivity contribution in [3.8, 4) is 11.3 Å². The first kappa shape index (κ1) is 40.7. The van der Waals surface area contributed by atoms with Gasteiger partial charge in [-0.2, -0.15) is 0 Å². The average Bonchev–Trinajstić information content (AvgIpc) is 3.57. The molecule has 7 heterocycles. The molecule has 1 aliphatic carbocycles. The molecule has 0 radical (unpaired) electrons. The second-order valence-corrected chi connectivity index (χ2v) is 17.2. The maximum Gasteiger partial charge on any atom is 0.328 e. The van der Waals surface area contributed by atoms with Gasteiger partial charge >= 0.3 is 6.03 Å². The van der Waals surface area contributed by atoms with Crippen LogP contribution in [-0.4, -0.2) is 118 Å². The Bertz CT molecular complexity index is 2730. The molecule has 3 saturated heterocycles. The lowest BCUT2D eigenvalue weighted by Crippen LogP contribution is -2.70. The number of anilines is 4. The van der Waals surface area contributed by atoms with Crippen molar-refractivity contribution in [3.63, 3.8) is 0 Å². The Labute approximate surface area is 362 Å². The molecule has 3 aromatic heterocycles. The van der Waals surface area contributed by atoms with Crippen molar-refractivity contribution in [2.45, 2.75) is 50.4 Å². The first-order valence-electron chi connectivity index (χ1n) is 20.6. The quantitative estimate of drug-likeness (QED) is 0.159. The van der Waals surface area contributed by atoms with Gasteiger partial charge in [0.2, 0.25) is 5.91 Å². The van der Waals surface area contributed by atoms with Gasteiger partial charge < -0.3 is 20.4 Å². The minimum Gasteiger partial charge on any atom is -0.385 e. The minimum absolute atomic E-state index is 0.0288. The third-order valence-corrected chi connectivity index (χ3v) is 13.1. The van der Waals surface area contributed by atoms with Gasteiger partial charge in [0, 0.05) is 88.2 Å². The highest BCUT2D eigenvalue weighted by Gasteiger charge is 2.62. The molecule has 10 rings (SSSR count). The molecule has 20 heteroatoms. The van der Waals surface area contributed by atoms with Crippen LogP contribution in [0.1, 0.15) is 51.2 Å². The number of rotatable bonds is 9. The number of imidazole rings is 1. The van der Waals surface area contributed by atoms with Crippen molar-refractivity contribution in [2.75, 3.05) is 61.4 Å². The predicted octanol–water partition coefficient (Wildman–Crippen LogP) is 5.59. The summed E-state index contributed by atoms with van der Waals surface area (Å²) < 4.78 is 61.9. The Morgan fingerprint density at radius 1 is 0.968 bits per heavy atom. The number of aromatic nitrogens is 4. The van der Waals surface area contributed by atoms with E-state index in [0.29, 0.717) is 36.7 Å². The summed E-state index contributed by atoms with van der Waals surface area (Å²) in [6.45, 7) is 0.351. The first-order chi connectivity index (χ1) is 30.2. The number of halogens is 5. The maximum absolute atomic E-state index is 16.0. The molecule has 5 aliphatic rings. The van der Waals surface area contributed by atoms with E-state index < -0.39 is 64.7 Å². The first-order valence-corrected chi connectivity index (χ1v) is 21.0. The van der Waals surface area contributed by atoms with Crippen molar-refractivity contribution >= 4 is 63.9 Å². The topological polar surface area (TPSA) is 160 Å². The molecule has 0 unspecified atom stereocenters. The summed E-state index contributed by atoms with van der Waals surface area (Å²) in [6, 6.07) is 12.4. The fraction of sp³-hybridized carbons (Fsp3) is 0.372. The van der Waals surface area contributed by atoms with Gasteiger partial charge in [0.1, 0.15) is 17.0 Å². The van der Waals surface area contributed by atoms with E-state index in [9.17, 15) is 28.0 Å². The molecule has 1 spiro atoms. The highest BCUT2D eigenvalue weighted by atomic mass is 35.5. The Kier molecular flexibility index (Phi) is 9.81. The second kappa shape index (κ2) is 15.2. The number of imide groups is 1. The second-order valence-electron chi connectivity index (χ2n) is 16.8. The van der Waals surface area contributed by atoms with Gasteiger partial charge in [0.25, 0.3) is 17.7 Å². The smallest absolute Gasteiger partial charge is 0.328 e. The van der Waals surface area contributed by atoms with E-state index in [0.717, 1.165) is 43.9 Å². The molecule has 4 aliphatic heterocycles. The van der Waals surface area contributed by atoms with Gasteiger partial charge in [-0.25, -0.2) is 31.9 Å². The molecule has 5 aromatic rings. The van der Waals surface area contributed by atoms with Gasteiger partial charge in [-0.3, -0.25) is 34.5 Å². The van der Waals surface area contributed by atoms with Crippen molar-refractivity contribution in [1.82, 2.24) is 40.0 Å². The number of amides is 5. The summed E-state index contributed by atoms with van der Waals surface area (Å²) in [6.07, 6.45) is 3.11. The number of pyridine rings is 1. The van der Waals surface area contributed by atoms with Crippen molar-refractivity contribution in [1.29, 1.82) is 0 Å². The molecule has 2 atom stereocenters. The fourth-order valence-corrected chi connectivity index (χ4v) is 9.41. The zero-order valence-electron chi connectivity index (χ0n) is 33.8. The molecule has 326 valence electrons. The molecule has 5 amide bonds. The van der Waals surface area contributed by atoms with Crippen LogP contribution in [0.25, 0.3) is 16.9 Å². The van der Waals surface area contributed by atoms with E-state index in [2.05, 4.69) is 25.8 Å². The summed E-state index contributed by atoms with van der Waals surface area (Å²) in [7, 11) is 1.76. The van der Waals surface area contributed by atoms with Gasteiger partial charge in [-0.05, 0) is 48.2 Å². The zero-order chi connectivity index (χ0) is 43.9. The number of piperidine rings is 1. The highest BCUT2D eigenvalue weighted by Crippen LogP contribution is 2.51. The van der Waals surface area contributed by atoms with Crippen LogP contribution < -0.4 is 25.8 Å². The van der Waals surface area contributed by atoms with Crippen molar-refractivity contribution in [3.05, 3.63) is 94.1 Å². The zero-order valence-corrected chi connectivity index (χ0v) is 34.6. The third kappa shape index (κ3) is 7.06. The SMILES string of the molecule is CNc1cc(N2CCc3c(-c4ccc(CN5CC6(CCN(C(=O)c7cc(F)c(Cl)c(N8CCC(=O)NC8=O)c7)CC6(F)F)C5)cn4)cccc32)nn2c(C(=O)N[C@@H]3C[C@@H]3F)cnc12. The number of fused-ring (bicyclic) bond motifs is 2. The number of alkyl halides is 3. The van der Waals surface area contributed by atoms with Crippen LogP contribution in [0.2, 0.25) is 5.02 Å². The van der Waals surface area contributed by atoms with Crippen LogP contribution in [0.5, 0.6) is 0 Å². The molecule has 15 nitrogen and oxygen atoms in total. The Morgan fingerprint density at radius 2 is 1.76 bits per heavy atom. The van der Waals surface area contributed by atoms with Crippen molar-refractivity contribution in [2.24, 2.45) is 5.41 Å². The van der Waals surface area contributed by atoms with E-state index >= 15 is 8.78 Å². The van der Waals surface area contributed by atoms with Gasteiger partial charge in [-0.15, -0.1) is 5.10 Å². The molecule has 63 heavy (non-hydrogen) atoms. The normalized spacial score (nSPS) is 21.3. The number of urea groups is 1. The molecule has 2 aromatic carbocycles. The molecule has 1 saturated carbocycles. The lowest BCUT2D eigenvalue weighted by atomic mass is 9.69.